The maximum absolute atomic E-state index is 13.5. The smallest absolute Gasteiger partial charge is 0.339 e. The molecular formula is C36H30N2O5. The van der Waals surface area contributed by atoms with Crippen molar-refractivity contribution >= 4 is 40.1 Å². The largest absolute Gasteiger partial charge is 0.494 e. The molecule has 1 aliphatic rings. The standard InChI is InChI=1S/C36H30N2O5/c1-2-41-27-18-16-26(17-19-27)37-33(39)23-42-36(40)34-30-13-6-7-14-32(30)38-35-25(15-20-31(34)35)21-24-9-8-12-29(22-24)43-28-10-4-3-5-11-28/h3-14,16-19,21-22H,2,15,20,23H2,1H3,(H,37,39)/b25-21-. The fourth-order valence-electron chi connectivity index (χ4n) is 5.21. The summed E-state index contributed by atoms with van der Waals surface area (Å²) in [5, 5.41) is 3.46. The number of nitrogens with zero attached hydrogens (tertiary/aromatic N) is 1. The summed E-state index contributed by atoms with van der Waals surface area (Å²) >= 11 is 0. The summed E-state index contributed by atoms with van der Waals surface area (Å²) < 4.78 is 17.0. The second-order valence-electron chi connectivity index (χ2n) is 10.1. The van der Waals surface area contributed by atoms with Crippen molar-refractivity contribution in [3.63, 3.8) is 0 Å². The molecule has 0 fully saturated rings. The number of aromatic nitrogens is 1. The third-order valence-electron chi connectivity index (χ3n) is 7.11. The van der Waals surface area contributed by atoms with E-state index >= 15 is 0 Å². The maximum atomic E-state index is 13.5. The molecule has 0 radical (unpaired) electrons. The Kier molecular flexibility index (Phi) is 8.13. The number of fused-ring (bicyclic) bond motifs is 2. The van der Waals surface area contributed by atoms with Gasteiger partial charge in [-0.15, -0.1) is 0 Å². The summed E-state index contributed by atoms with van der Waals surface area (Å²) in [5.74, 6) is 1.25. The topological polar surface area (TPSA) is 86.8 Å². The third kappa shape index (κ3) is 6.41. The fraction of sp³-hybridized carbons (Fsp3) is 0.139. The number of nitrogens with one attached hydrogen (secondary N) is 1. The molecule has 0 unspecified atom stereocenters. The van der Waals surface area contributed by atoms with Crippen LogP contribution in [0.15, 0.2) is 103 Å². The molecule has 7 heteroatoms. The van der Waals surface area contributed by atoms with Gasteiger partial charge in [-0.05, 0) is 97.1 Å². The minimum Gasteiger partial charge on any atom is -0.494 e. The molecule has 0 bridgehead atoms. The van der Waals surface area contributed by atoms with Crippen molar-refractivity contribution < 1.29 is 23.8 Å². The molecule has 1 amide bonds. The molecule has 1 aliphatic carbocycles. The first kappa shape index (κ1) is 27.7. The van der Waals surface area contributed by atoms with E-state index in [0.717, 1.165) is 40.3 Å². The number of esters is 1. The molecule has 4 aromatic carbocycles. The van der Waals surface area contributed by atoms with Crippen LogP contribution in [0.3, 0.4) is 0 Å². The van der Waals surface area contributed by atoms with Crippen LogP contribution < -0.4 is 14.8 Å². The zero-order valence-electron chi connectivity index (χ0n) is 23.7. The second kappa shape index (κ2) is 12.6. The first-order chi connectivity index (χ1) is 21.1. The number of ether oxygens (including phenoxy) is 3. The summed E-state index contributed by atoms with van der Waals surface area (Å²) in [7, 11) is 0. The summed E-state index contributed by atoms with van der Waals surface area (Å²) in [6.07, 6.45) is 3.45. The van der Waals surface area contributed by atoms with Crippen LogP contribution in [0, 0.1) is 0 Å². The summed E-state index contributed by atoms with van der Waals surface area (Å²) in [6, 6.07) is 32.1. The van der Waals surface area contributed by atoms with Gasteiger partial charge in [0, 0.05) is 11.1 Å². The van der Waals surface area contributed by atoms with Gasteiger partial charge in [-0.2, -0.15) is 0 Å². The van der Waals surface area contributed by atoms with Gasteiger partial charge in [0.2, 0.25) is 0 Å². The molecule has 0 aliphatic heterocycles. The maximum Gasteiger partial charge on any atom is 0.339 e. The molecule has 0 spiro atoms. The lowest BCUT2D eigenvalue weighted by Gasteiger charge is -2.13. The molecule has 0 atom stereocenters. The number of carbonyl (C=O) groups excluding carboxylic acids is 2. The van der Waals surface area contributed by atoms with Crippen LogP contribution in [-0.4, -0.2) is 30.1 Å². The Balaban J connectivity index is 1.22. The lowest BCUT2D eigenvalue weighted by Crippen LogP contribution is -2.21. The fourth-order valence-corrected chi connectivity index (χ4v) is 5.21. The van der Waals surface area contributed by atoms with Crippen molar-refractivity contribution in [2.24, 2.45) is 0 Å². The van der Waals surface area contributed by atoms with Crippen LogP contribution in [-0.2, 0) is 16.0 Å². The molecular weight excluding hydrogens is 540 g/mol. The molecule has 214 valence electrons. The number of pyridine rings is 1. The van der Waals surface area contributed by atoms with Gasteiger partial charge in [-0.1, -0.05) is 48.5 Å². The van der Waals surface area contributed by atoms with Crippen LogP contribution >= 0.6 is 0 Å². The second-order valence-corrected chi connectivity index (χ2v) is 10.1. The van der Waals surface area contributed by atoms with E-state index in [0.29, 0.717) is 40.9 Å². The van der Waals surface area contributed by atoms with Crippen molar-refractivity contribution in [2.75, 3.05) is 18.5 Å². The van der Waals surface area contributed by atoms with E-state index in [-0.39, 0.29) is 0 Å². The average molecular weight is 571 g/mol. The summed E-state index contributed by atoms with van der Waals surface area (Å²) in [6.45, 7) is 2.06. The first-order valence-electron chi connectivity index (χ1n) is 14.2. The highest BCUT2D eigenvalue weighted by molar-refractivity contribution is 6.08. The lowest BCUT2D eigenvalue weighted by atomic mass is 10.0. The first-order valence-corrected chi connectivity index (χ1v) is 14.2. The van der Waals surface area contributed by atoms with Crippen LogP contribution in [0.5, 0.6) is 17.2 Å². The predicted molar refractivity (Wildman–Crippen MR) is 167 cm³/mol. The number of carbonyl (C=O) groups is 2. The number of para-hydroxylation sites is 2. The molecule has 1 aromatic heterocycles. The van der Waals surface area contributed by atoms with Crippen LogP contribution in [0.1, 0.15) is 40.5 Å². The Bertz CT molecular complexity index is 1810. The normalized spacial score (nSPS) is 13.0. The molecule has 1 N–H and O–H groups in total. The summed E-state index contributed by atoms with van der Waals surface area (Å²) in [4.78, 5) is 31.0. The number of rotatable bonds is 9. The molecule has 7 nitrogen and oxygen atoms in total. The van der Waals surface area contributed by atoms with Gasteiger partial charge in [0.15, 0.2) is 6.61 Å². The summed E-state index contributed by atoms with van der Waals surface area (Å²) in [5.41, 5.74) is 5.35. The zero-order valence-corrected chi connectivity index (χ0v) is 23.7. The number of hydrogen-bond donors (Lipinski definition) is 1. The average Bonchev–Trinajstić information content (AvgIpc) is 3.42. The predicted octanol–water partition coefficient (Wildman–Crippen LogP) is 7.71. The van der Waals surface area contributed by atoms with Gasteiger partial charge in [-0.3, -0.25) is 4.79 Å². The van der Waals surface area contributed by atoms with Gasteiger partial charge in [0.25, 0.3) is 5.91 Å². The number of benzene rings is 4. The van der Waals surface area contributed by atoms with E-state index in [4.69, 9.17) is 19.2 Å². The Morgan fingerprint density at radius 1 is 0.837 bits per heavy atom. The van der Waals surface area contributed by atoms with Crippen molar-refractivity contribution in [1.82, 2.24) is 4.98 Å². The molecule has 0 saturated carbocycles. The van der Waals surface area contributed by atoms with Gasteiger partial charge in [-0.25, -0.2) is 9.78 Å². The van der Waals surface area contributed by atoms with Crippen molar-refractivity contribution in [3.8, 4) is 17.2 Å². The van der Waals surface area contributed by atoms with Crippen LogP contribution in [0.25, 0.3) is 22.6 Å². The lowest BCUT2D eigenvalue weighted by molar-refractivity contribution is -0.119. The van der Waals surface area contributed by atoms with Gasteiger partial charge in [0.1, 0.15) is 17.2 Å². The molecule has 5 aromatic rings. The quantitative estimate of drug-likeness (QED) is 0.183. The number of hydrogen-bond acceptors (Lipinski definition) is 6. The van der Waals surface area contributed by atoms with Gasteiger partial charge in [0.05, 0.1) is 23.4 Å². The van der Waals surface area contributed by atoms with Gasteiger partial charge < -0.3 is 19.5 Å². The minimum absolute atomic E-state index is 0.408. The zero-order chi connectivity index (χ0) is 29.6. The van der Waals surface area contributed by atoms with E-state index in [9.17, 15) is 9.59 Å². The number of allylic oxidation sites excluding steroid dienone is 1. The van der Waals surface area contributed by atoms with E-state index in [2.05, 4.69) is 11.4 Å². The van der Waals surface area contributed by atoms with E-state index in [1.807, 2.05) is 85.8 Å². The van der Waals surface area contributed by atoms with Crippen molar-refractivity contribution in [2.45, 2.75) is 19.8 Å². The van der Waals surface area contributed by atoms with Crippen molar-refractivity contribution in [1.29, 1.82) is 0 Å². The van der Waals surface area contributed by atoms with E-state index < -0.39 is 18.5 Å². The number of anilines is 1. The molecule has 1 heterocycles. The highest BCUT2D eigenvalue weighted by Crippen LogP contribution is 2.38. The Hall–Kier alpha value is -5.43. The van der Waals surface area contributed by atoms with Crippen LogP contribution in [0.4, 0.5) is 5.69 Å². The highest BCUT2D eigenvalue weighted by Gasteiger charge is 2.28. The Morgan fingerprint density at radius 2 is 1.60 bits per heavy atom. The minimum atomic E-state index is -0.545. The van der Waals surface area contributed by atoms with Crippen LogP contribution in [0.2, 0.25) is 0 Å². The molecule has 6 rings (SSSR count). The Morgan fingerprint density at radius 3 is 2.42 bits per heavy atom. The third-order valence-corrected chi connectivity index (χ3v) is 7.11. The molecule has 43 heavy (non-hydrogen) atoms. The Labute approximate surface area is 249 Å². The van der Waals surface area contributed by atoms with Gasteiger partial charge >= 0.3 is 5.97 Å². The molecule has 0 saturated heterocycles. The van der Waals surface area contributed by atoms with Crippen molar-refractivity contribution in [3.05, 3.63) is 126 Å². The monoisotopic (exact) mass is 570 g/mol. The van der Waals surface area contributed by atoms with E-state index in [1.165, 1.54) is 0 Å². The highest BCUT2D eigenvalue weighted by atomic mass is 16.5. The van der Waals surface area contributed by atoms with E-state index in [1.54, 1.807) is 24.3 Å². The number of amides is 1. The SMILES string of the molecule is CCOc1ccc(NC(=O)COC(=O)c2c3c(nc4ccccc24)/C(=C\c2cccc(Oc4ccccc4)c2)CC3)cc1.